The molecule has 5 nitrogen and oxygen atoms in total. The number of nitrogens with zero attached hydrogens (tertiary/aromatic N) is 1. The van der Waals surface area contributed by atoms with Crippen molar-refractivity contribution in [1.82, 2.24) is 10.2 Å². The number of carbonyl (C=O) groups excluding carboxylic acids is 2. The monoisotopic (exact) mass is 450 g/mol. The van der Waals surface area contributed by atoms with Crippen LogP contribution in [0.1, 0.15) is 37.0 Å². The van der Waals surface area contributed by atoms with Gasteiger partial charge in [-0.2, -0.15) is 0 Å². The van der Waals surface area contributed by atoms with Gasteiger partial charge in [-0.05, 0) is 62.1 Å². The molecule has 2 rings (SSSR count). The number of halogens is 2. The zero-order valence-electron chi connectivity index (χ0n) is 17.8. The topological polar surface area (TPSA) is 58.6 Å². The van der Waals surface area contributed by atoms with Crippen LogP contribution in [0.2, 0.25) is 10.0 Å². The van der Waals surface area contributed by atoms with Gasteiger partial charge in [-0.25, -0.2) is 0 Å². The van der Waals surface area contributed by atoms with E-state index in [4.69, 9.17) is 27.9 Å². The molecule has 1 atom stereocenters. The Balaban J connectivity index is 2.21. The van der Waals surface area contributed by atoms with Crippen molar-refractivity contribution < 1.29 is 14.3 Å². The van der Waals surface area contributed by atoms with Crippen molar-refractivity contribution in [3.63, 3.8) is 0 Å². The molecule has 1 unspecified atom stereocenters. The summed E-state index contributed by atoms with van der Waals surface area (Å²) < 4.78 is 5.78. The Labute approximate surface area is 188 Å². The first-order valence-corrected chi connectivity index (χ1v) is 10.7. The lowest BCUT2D eigenvalue weighted by Gasteiger charge is -2.29. The van der Waals surface area contributed by atoms with Gasteiger partial charge in [0.15, 0.2) is 6.61 Å². The molecule has 0 spiro atoms. The predicted molar refractivity (Wildman–Crippen MR) is 121 cm³/mol. The van der Waals surface area contributed by atoms with E-state index in [1.165, 1.54) is 4.90 Å². The van der Waals surface area contributed by atoms with E-state index in [-0.39, 0.29) is 25.0 Å². The minimum atomic E-state index is -0.682. The Kier molecular flexibility index (Phi) is 9.00. The van der Waals surface area contributed by atoms with Gasteiger partial charge in [0.1, 0.15) is 11.8 Å². The fourth-order valence-electron chi connectivity index (χ4n) is 2.90. The van der Waals surface area contributed by atoms with Crippen molar-refractivity contribution in [2.75, 3.05) is 13.2 Å². The minimum Gasteiger partial charge on any atom is -0.483 e. The molecule has 0 bridgehead atoms. The Morgan fingerprint density at radius 1 is 1.13 bits per heavy atom. The van der Waals surface area contributed by atoms with E-state index in [9.17, 15) is 9.59 Å². The van der Waals surface area contributed by atoms with Crippen LogP contribution in [0, 0.1) is 13.8 Å². The molecule has 7 heteroatoms. The molecule has 0 aromatic heterocycles. The molecule has 0 aliphatic heterocycles. The summed E-state index contributed by atoms with van der Waals surface area (Å²) >= 11 is 12.3. The molecule has 0 heterocycles. The highest BCUT2D eigenvalue weighted by Crippen LogP contribution is 2.24. The second-order valence-electron chi connectivity index (χ2n) is 7.28. The van der Waals surface area contributed by atoms with E-state index in [1.54, 1.807) is 25.1 Å². The Morgan fingerprint density at radius 2 is 1.87 bits per heavy atom. The van der Waals surface area contributed by atoms with Gasteiger partial charge < -0.3 is 15.0 Å². The number of rotatable bonds is 9. The molecule has 2 aromatic carbocycles. The Bertz CT molecular complexity index is 902. The van der Waals surface area contributed by atoms with Crippen LogP contribution in [0.4, 0.5) is 0 Å². The quantitative estimate of drug-likeness (QED) is 0.588. The highest BCUT2D eigenvalue weighted by Gasteiger charge is 2.27. The van der Waals surface area contributed by atoms with Crippen LogP contribution in [0.5, 0.6) is 5.75 Å². The van der Waals surface area contributed by atoms with Crippen molar-refractivity contribution in [3.8, 4) is 5.75 Å². The number of benzene rings is 2. The van der Waals surface area contributed by atoms with Crippen molar-refractivity contribution in [3.05, 3.63) is 63.1 Å². The third kappa shape index (κ3) is 6.64. The summed E-state index contributed by atoms with van der Waals surface area (Å²) in [5, 5.41) is 3.79. The second-order valence-corrected chi connectivity index (χ2v) is 8.13. The van der Waals surface area contributed by atoms with E-state index in [0.717, 1.165) is 17.5 Å². The fraction of sp³-hybridized carbons (Fsp3) is 0.391. The summed E-state index contributed by atoms with van der Waals surface area (Å²) in [5.41, 5.74) is 2.69. The summed E-state index contributed by atoms with van der Waals surface area (Å²) in [6.45, 7) is 8.09. The zero-order chi connectivity index (χ0) is 22.3. The Hall–Kier alpha value is -2.24. The van der Waals surface area contributed by atoms with Crippen molar-refractivity contribution in [2.24, 2.45) is 0 Å². The highest BCUT2D eigenvalue weighted by atomic mass is 35.5. The molecule has 0 saturated heterocycles. The van der Waals surface area contributed by atoms with Crippen LogP contribution in [-0.2, 0) is 16.1 Å². The highest BCUT2D eigenvalue weighted by molar-refractivity contribution is 6.35. The number of amides is 2. The van der Waals surface area contributed by atoms with Crippen LogP contribution in [0.3, 0.4) is 0 Å². The summed E-state index contributed by atoms with van der Waals surface area (Å²) in [5.74, 6) is 0.124. The molecule has 30 heavy (non-hydrogen) atoms. The van der Waals surface area contributed by atoms with Crippen LogP contribution < -0.4 is 10.1 Å². The second kappa shape index (κ2) is 11.2. The maximum Gasteiger partial charge on any atom is 0.261 e. The van der Waals surface area contributed by atoms with Gasteiger partial charge in [0, 0.05) is 23.1 Å². The number of carbonyl (C=O) groups is 2. The lowest BCUT2D eigenvalue weighted by molar-refractivity contribution is -0.142. The summed E-state index contributed by atoms with van der Waals surface area (Å²) in [4.78, 5) is 27.1. The third-order valence-corrected chi connectivity index (χ3v) is 5.35. The van der Waals surface area contributed by atoms with Gasteiger partial charge >= 0.3 is 0 Å². The first-order chi connectivity index (χ1) is 14.2. The number of hydrogen-bond donors (Lipinski definition) is 1. The molecule has 0 radical (unpaired) electrons. The van der Waals surface area contributed by atoms with E-state index < -0.39 is 6.04 Å². The third-order valence-electron chi connectivity index (χ3n) is 4.77. The van der Waals surface area contributed by atoms with Crippen LogP contribution in [0.25, 0.3) is 0 Å². The predicted octanol–water partition coefficient (Wildman–Crippen LogP) is 4.93. The van der Waals surface area contributed by atoms with E-state index >= 15 is 0 Å². The summed E-state index contributed by atoms with van der Waals surface area (Å²) in [7, 11) is 0. The first kappa shape index (κ1) is 24.0. The van der Waals surface area contributed by atoms with Crippen LogP contribution in [-0.4, -0.2) is 35.9 Å². The van der Waals surface area contributed by atoms with Gasteiger partial charge in [-0.15, -0.1) is 0 Å². The average Bonchev–Trinajstić information content (AvgIpc) is 2.71. The maximum atomic E-state index is 13.1. The van der Waals surface area contributed by atoms with Gasteiger partial charge in [0.05, 0.1) is 0 Å². The molecule has 162 valence electrons. The standard InChI is InChI=1S/C23H28Cl2N2O3/c1-5-10-26-23(29)17(4)27(13-18-8-9-19(24)12-20(18)25)22(28)14-30-21-11-15(2)6-7-16(21)3/h6-9,11-12,17H,5,10,13-14H2,1-4H3,(H,26,29). The van der Waals surface area contributed by atoms with E-state index in [0.29, 0.717) is 27.9 Å². The minimum absolute atomic E-state index is 0.172. The number of hydrogen-bond acceptors (Lipinski definition) is 3. The average molecular weight is 451 g/mol. The lowest BCUT2D eigenvalue weighted by Crippen LogP contribution is -2.49. The molecule has 2 aromatic rings. The summed E-state index contributed by atoms with van der Waals surface area (Å²) in [6, 6.07) is 10.2. The molecular formula is C23H28Cl2N2O3. The van der Waals surface area contributed by atoms with E-state index in [1.807, 2.05) is 39.0 Å². The smallest absolute Gasteiger partial charge is 0.261 e. The van der Waals surface area contributed by atoms with Crippen molar-refractivity contribution >= 4 is 35.0 Å². The molecule has 0 saturated carbocycles. The summed E-state index contributed by atoms with van der Waals surface area (Å²) in [6.07, 6.45) is 0.811. The first-order valence-electron chi connectivity index (χ1n) is 9.94. The SMILES string of the molecule is CCCNC(=O)C(C)N(Cc1ccc(Cl)cc1Cl)C(=O)COc1cc(C)ccc1C. The number of nitrogens with one attached hydrogen (secondary N) is 1. The van der Waals surface area contributed by atoms with Crippen molar-refractivity contribution in [1.29, 1.82) is 0 Å². The molecule has 0 aliphatic rings. The number of aryl methyl sites for hydroxylation is 2. The molecule has 0 fully saturated rings. The molecule has 1 N–H and O–H groups in total. The zero-order valence-corrected chi connectivity index (χ0v) is 19.3. The van der Waals surface area contributed by atoms with Gasteiger partial charge in [-0.3, -0.25) is 9.59 Å². The molecule has 0 aliphatic carbocycles. The molecule has 2 amide bonds. The largest absolute Gasteiger partial charge is 0.483 e. The van der Waals surface area contributed by atoms with Gasteiger partial charge in [0.2, 0.25) is 5.91 Å². The van der Waals surface area contributed by atoms with Crippen molar-refractivity contribution in [2.45, 2.75) is 46.7 Å². The molecular weight excluding hydrogens is 423 g/mol. The normalized spacial score (nSPS) is 11.7. The number of ether oxygens (including phenoxy) is 1. The fourth-order valence-corrected chi connectivity index (χ4v) is 3.37. The van der Waals surface area contributed by atoms with E-state index in [2.05, 4.69) is 5.32 Å². The maximum absolute atomic E-state index is 13.1. The van der Waals surface area contributed by atoms with Gasteiger partial charge in [0.25, 0.3) is 5.91 Å². The van der Waals surface area contributed by atoms with Crippen LogP contribution >= 0.6 is 23.2 Å². The Morgan fingerprint density at radius 3 is 2.53 bits per heavy atom. The van der Waals surface area contributed by atoms with Crippen LogP contribution in [0.15, 0.2) is 36.4 Å². The lowest BCUT2D eigenvalue weighted by atomic mass is 10.1. The van der Waals surface area contributed by atoms with Gasteiger partial charge in [-0.1, -0.05) is 48.3 Å².